The molecule has 3 rings (SSSR count). The van der Waals surface area contributed by atoms with E-state index in [1.807, 2.05) is 6.92 Å². The minimum absolute atomic E-state index is 0. The Bertz CT molecular complexity index is 843. The summed E-state index contributed by atoms with van der Waals surface area (Å²) in [5, 5.41) is 0.377. The molecular formula is C18H23Cl2NaO5S. The van der Waals surface area contributed by atoms with Crippen LogP contribution in [0.3, 0.4) is 0 Å². The monoisotopic (exact) mass is 444 g/mol. The summed E-state index contributed by atoms with van der Waals surface area (Å²) in [5.41, 5.74) is 0.884. The number of rotatable bonds is 6. The molecule has 5 nitrogen and oxygen atoms in total. The predicted molar refractivity (Wildman–Crippen MR) is 102 cm³/mol. The van der Waals surface area contributed by atoms with Crippen LogP contribution < -0.4 is 34.3 Å². The Hall–Kier alpha value is 0.180. The van der Waals surface area contributed by atoms with E-state index in [-0.39, 0.29) is 65.6 Å². The van der Waals surface area contributed by atoms with Crippen molar-refractivity contribution >= 4 is 39.1 Å². The summed E-state index contributed by atoms with van der Waals surface area (Å²) < 4.78 is 35.9. The third-order valence-electron chi connectivity index (χ3n) is 5.62. The summed E-state index contributed by atoms with van der Waals surface area (Å²) in [5.74, 6) is 0.372. The van der Waals surface area contributed by atoms with Crippen LogP contribution in [0.2, 0.25) is 10.0 Å². The van der Waals surface area contributed by atoms with Crippen molar-refractivity contribution in [3.05, 3.63) is 27.2 Å². The van der Waals surface area contributed by atoms with Crippen molar-refractivity contribution in [2.45, 2.75) is 45.4 Å². The van der Waals surface area contributed by atoms with Gasteiger partial charge < -0.3 is 6.16 Å². The third-order valence-corrected chi connectivity index (χ3v) is 7.27. The fraction of sp³-hybridized carbons (Fsp3) is 0.611. The van der Waals surface area contributed by atoms with Gasteiger partial charge in [0.15, 0.2) is 5.78 Å². The molecule has 2 aliphatic rings. The molecule has 0 saturated heterocycles. The summed E-state index contributed by atoms with van der Waals surface area (Å²) in [6.45, 7) is 2.09. The van der Waals surface area contributed by atoms with Gasteiger partial charge in [-0.3, -0.25) is 9.35 Å². The number of benzene rings is 1. The molecule has 0 heterocycles. The Kier molecular flexibility index (Phi) is 7.73. The Morgan fingerprint density at radius 3 is 2.52 bits per heavy atom. The van der Waals surface area contributed by atoms with E-state index in [4.69, 9.17) is 32.5 Å². The van der Waals surface area contributed by atoms with Crippen LogP contribution in [0.5, 0.6) is 5.75 Å². The number of carbonyl (C=O) groups excluding carboxylic acids is 1. The molecule has 0 bridgehead atoms. The maximum Gasteiger partial charge on any atom is 1.00 e. The second-order valence-electron chi connectivity index (χ2n) is 7.43. The van der Waals surface area contributed by atoms with Gasteiger partial charge in [0.1, 0.15) is 10.8 Å². The van der Waals surface area contributed by atoms with E-state index in [1.54, 1.807) is 6.07 Å². The number of hydrogen-bond acceptors (Lipinski definition) is 4. The van der Waals surface area contributed by atoms with Gasteiger partial charge in [-0.05, 0) is 43.2 Å². The normalized spacial score (nSPS) is 22.6. The minimum Gasteiger partial charge on any atom is -1.00 e. The van der Waals surface area contributed by atoms with E-state index >= 15 is 0 Å². The summed E-state index contributed by atoms with van der Waals surface area (Å²) in [4.78, 5) is 13.1. The molecule has 1 saturated carbocycles. The summed E-state index contributed by atoms with van der Waals surface area (Å²) >= 11 is 12.7. The molecule has 1 fully saturated rings. The van der Waals surface area contributed by atoms with E-state index in [2.05, 4.69) is 0 Å². The Morgan fingerprint density at radius 1 is 1.30 bits per heavy atom. The number of halogens is 2. The van der Waals surface area contributed by atoms with Gasteiger partial charge in [0.2, 0.25) is 0 Å². The number of fused-ring (bicyclic) bond motifs is 1. The van der Waals surface area contributed by atoms with Crippen molar-refractivity contribution in [2.75, 3.05) is 12.4 Å². The van der Waals surface area contributed by atoms with Gasteiger partial charge in [-0.2, -0.15) is 8.42 Å². The Balaban J connectivity index is 0.00000196. The zero-order valence-corrected chi connectivity index (χ0v) is 19.9. The maximum absolute atomic E-state index is 13.1. The number of hydrogen-bond donors (Lipinski definition) is 1. The summed E-state index contributed by atoms with van der Waals surface area (Å²) in [6, 6.07) is 1.75. The van der Waals surface area contributed by atoms with Crippen LogP contribution >= 0.6 is 23.2 Å². The maximum atomic E-state index is 13.1. The van der Waals surface area contributed by atoms with Crippen LogP contribution in [0.4, 0.5) is 0 Å². The molecule has 0 amide bonds. The first-order chi connectivity index (χ1) is 12.1. The second-order valence-corrected chi connectivity index (χ2v) is 9.76. The van der Waals surface area contributed by atoms with E-state index in [0.717, 1.165) is 31.2 Å². The predicted octanol–water partition coefficient (Wildman–Crippen LogP) is 1.70. The number of carbonyl (C=O) groups is 1. The van der Waals surface area contributed by atoms with Crippen molar-refractivity contribution in [3.63, 3.8) is 0 Å². The molecule has 9 heteroatoms. The first kappa shape index (κ1) is 23.5. The van der Waals surface area contributed by atoms with E-state index < -0.39 is 15.5 Å². The molecule has 1 N–H and O–H groups in total. The Morgan fingerprint density at radius 2 is 1.93 bits per heavy atom. The number of ketones is 1. The molecule has 27 heavy (non-hydrogen) atoms. The Labute approximate surface area is 193 Å². The quantitative estimate of drug-likeness (QED) is 0.410. The molecule has 1 unspecified atom stereocenters. The van der Waals surface area contributed by atoms with Crippen LogP contribution in [-0.4, -0.2) is 31.1 Å². The van der Waals surface area contributed by atoms with Crippen molar-refractivity contribution in [3.8, 4) is 5.75 Å². The number of ether oxygens (including phenoxy) is 1. The molecule has 0 aromatic heterocycles. The molecular weight excluding hydrogens is 422 g/mol. The van der Waals surface area contributed by atoms with Crippen LogP contribution in [0, 0.1) is 11.3 Å². The molecule has 0 radical (unpaired) electrons. The fourth-order valence-electron chi connectivity index (χ4n) is 4.22. The average Bonchev–Trinajstić information content (AvgIpc) is 3.16. The molecule has 0 aliphatic heterocycles. The first-order valence-corrected chi connectivity index (χ1v) is 11.1. The summed E-state index contributed by atoms with van der Waals surface area (Å²) in [6.07, 6.45) is 5.16. The van der Waals surface area contributed by atoms with Crippen molar-refractivity contribution in [1.29, 1.82) is 0 Å². The standard InChI is InChI=1S/C18H22Cl2O5S.Na.H/c1-18(12-5-2-3-6-12)10-11-9-13(25-7-4-8-26(22,23)24)15(19)16(20)14(11)17(18)21;;/h9,12H,2-8,10H2,1H3,(H,22,23,24);;/q;+1;-1. The van der Waals surface area contributed by atoms with Crippen LogP contribution in [0.25, 0.3) is 0 Å². The largest absolute Gasteiger partial charge is 1.00 e. The zero-order chi connectivity index (χ0) is 19.1. The third kappa shape index (κ3) is 4.85. The van der Waals surface area contributed by atoms with Crippen molar-refractivity contribution in [1.82, 2.24) is 0 Å². The minimum atomic E-state index is -4.02. The molecule has 1 atom stereocenters. The zero-order valence-electron chi connectivity index (χ0n) is 16.6. The second kappa shape index (κ2) is 8.90. The first-order valence-electron chi connectivity index (χ1n) is 8.77. The van der Waals surface area contributed by atoms with Gasteiger partial charge in [-0.25, -0.2) is 0 Å². The SMILES string of the molecule is CC1(C2CCCC2)Cc2cc(OCCCS(=O)(=O)O)c(Cl)c(Cl)c2C1=O.[H-].[Na+]. The summed E-state index contributed by atoms with van der Waals surface area (Å²) in [7, 11) is -4.02. The van der Waals surface area contributed by atoms with Crippen LogP contribution in [0.1, 0.15) is 56.4 Å². The number of Topliss-reactive ketones (excluding diaryl/α,β-unsaturated/α-hetero) is 1. The fourth-order valence-corrected chi connectivity index (χ4v) is 5.21. The van der Waals surface area contributed by atoms with Crippen molar-refractivity contribution < 1.29 is 53.5 Å². The van der Waals surface area contributed by atoms with Crippen molar-refractivity contribution in [2.24, 2.45) is 11.3 Å². The average molecular weight is 445 g/mol. The molecule has 0 spiro atoms. The van der Waals surface area contributed by atoms with Gasteiger partial charge in [-0.1, -0.05) is 43.0 Å². The smallest absolute Gasteiger partial charge is 1.00 e. The van der Waals surface area contributed by atoms with E-state index in [0.29, 0.717) is 23.7 Å². The van der Waals surface area contributed by atoms with Gasteiger partial charge in [0.25, 0.3) is 10.1 Å². The van der Waals surface area contributed by atoms with Gasteiger partial charge >= 0.3 is 29.6 Å². The van der Waals surface area contributed by atoms with Crippen LogP contribution in [-0.2, 0) is 16.5 Å². The van der Waals surface area contributed by atoms with Gasteiger partial charge in [0.05, 0.1) is 17.4 Å². The molecule has 2 aliphatic carbocycles. The van der Waals surface area contributed by atoms with Gasteiger partial charge in [-0.15, -0.1) is 0 Å². The van der Waals surface area contributed by atoms with E-state index in [9.17, 15) is 13.2 Å². The van der Waals surface area contributed by atoms with Gasteiger partial charge in [0, 0.05) is 11.0 Å². The molecule has 1 aromatic carbocycles. The van der Waals surface area contributed by atoms with Crippen LogP contribution in [0.15, 0.2) is 6.07 Å². The van der Waals surface area contributed by atoms with E-state index in [1.165, 1.54) is 0 Å². The topological polar surface area (TPSA) is 80.7 Å². The molecule has 146 valence electrons. The molecule has 1 aromatic rings.